The predicted molar refractivity (Wildman–Crippen MR) is 106 cm³/mol. The summed E-state index contributed by atoms with van der Waals surface area (Å²) in [5, 5.41) is 11.1. The summed E-state index contributed by atoms with van der Waals surface area (Å²) in [6.07, 6.45) is 0. The van der Waals surface area contributed by atoms with Crippen molar-refractivity contribution in [1.29, 1.82) is 0 Å². The molecule has 3 aromatic rings. The minimum Gasteiger partial charge on any atom is -0.348 e. The van der Waals surface area contributed by atoms with Crippen LogP contribution in [0.15, 0.2) is 48.5 Å². The molecule has 1 heterocycles. The highest BCUT2D eigenvalue weighted by Crippen LogP contribution is 2.23. The molecule has 0 saturated heterocycles. The number of nitrogens with one attached hydrogen (secondary N) is 2. The lowest BCUT2D eigenvalue weighted by atomic mass is 10.1. The number of benzene rings is 2. The van der Waals surface area contributed by atoms with Gasteiger partial charge in [0.1, 0.15) is 6.54 Å². The molecule has 134 valence electrons. The smallest absolute Gasteiger partial charge is 0.240 e. The van der Waals surface area contributed by atoms with E-state index < -0.39 is 0 Å². The molecular formula is C18H16Cl2N4OS. The lowest BCUT2D eigenvalue weighted by Crippen LogP contribution is -2.30. The van der Waals surface area contributed by atoms with Crippen LogP contribution in [0.25, 0.3) is 11.4 Å². The lowest BCUT2D eigenvalue weighted by molar-refractivity contribution is -0.122. The van der Waals surface area contributed by atoms with Crippen molar-refractivity contribution in [3.05, 3.63) is 68.9 Å². The van der Waals surface area contributed by atoms with Crippen LogP contribution in [0.4, 0.5) is 0 Å². The van der Waals surface area contributed by atoms with E-state index in [1.807, 2.05) is 37.3 Å². The van der Waals surface area contributed by atoms with Gasteiger partial charge in [-0.15, -0.1) is 0 Å². The van der Waals surface area contributed by atoms with Crippen molar-refractivity contribution in [3.63, 3.8) is 0 Å². The Bertz CT molecular complexity index is 981. The summed E-state index contributed by atoms with van der Waals surface area (Å²) in [7, 11) is 0. The molecular weight excluding hydrogens is 391 g/mol. The zero-order chi connectivity index (χ0) is 18.7. The van der Waals surface area contributed by atoms with E-state index in [0.717, 1.165) is 11.1 Å². The monoisotopic (exact) mass is 406 g/mol. The molecule has 0 radical (unpaired) electrons. The third-order valence-corrected chi connectivity index (χ3v) is 4.82. The molecule has 3 rings (SSSR count). The zero-order valence-electron chi connectivity index (χ0n) is 13.9. The summed E-state index contributed by atoms with van der Waals surface area (Å²) in [6.45, 7) is 1.93. The van der Waals surface area contributed by atoms with Crippen LogP contribution in [0.1, 0.15) is 18.5 Å². The summed E-state index contributed by atoms with van der Waals surface area (Å²) in [4.78, 5) is 12.5. The number of halogens is 2. The van der Waals surface area contributed by atoms with Crippen molar-refractivity contribution in [2.45, 2.75) is 19.5 Å². The van der Waals surface area contributed by atoms with Crippen LogP contribution in [0.5, 0.6) is 0 Å². The van der Waals surface area contributed by atoms with Gasteiger partial charge in [0, 0.05) is 15.6 Å². The number of nitrogens with zero attached hydrogens (tertiary/aromatic N) is 2. The quantitative estimate of drug-likeness (QED) is 0.598. The van der Waals surface area contributed by atoms with Gasteiger partial charge in [-0.25, -0.2) is 0 Å². The van der Waals surface area contributed by atoms with Crippen LogP contribution in [0.2, 0.25) is 10.0 Å². The molecule has 2 N–H and O–H groups in total. The third-order valence-electron chi connectivity index (χ3n) is 3.91. The highest BCUT2D eigenvalue weighted by atomic mass is 35.5. The highest BCUT2D eigenvalue weighted by molar-refractivity contribution is 7.71. The number of amides is 1. The third kappa shape index (κ3) is 4.15. The first-order valence-corrected chi connectivity index (χ1v) is 9.07. The Balaban J connectivity index is 1.78. The van der Waals surface area contributed by atoms with Crippen LogP contribution >= 0.6 is 35.4 Å². The molecule has 0 spiro atoms. The Morgan fingerprint density at radius 2 is 1.92 bits per heavy atom. The lowest BCUT2D eigenvalue weighted by Gasteiger charge is -2.16. The van der Waals surface area contributed by atoms with E-state index in [2.05, 4.69) is 15.5 Å². The van der Waals surface area contributed by atoms with Gasteiger partial charge in [-0.3, -0.25) is 14.5 Å². The second-order valence-electron chi connectivity index (χ2n) is 5.76. The number of carbonyl (C=O) groups is 1. The fourth-order valence-corrected chi connectivity index (χ4v) is 3.24. The molecule has 26 heavy (non-hydrogen) atoms. The Hall–Kier alpha value is -2.15. The van der Waals surface area contributed by atoms with Crippen molar-refractivity contribution in [3.8, 4) is 11.4 Å². The van der Waals surface area contributed by atoms with E-state index in [4.69, 9.17) is 35.4 Å². The van der Waals surface area contributed by atoms with E-state index in [1.54, 1.807) is 22.8 Å². The van der Waals surface area contributed by atoms with Crippen molar-refractivity contribution in [2.75, 3.05) is 0 Å². The Labute approximate surface area is 166 Å². The van der Waals surface area contributed by atoms with Gasteiger partial charge in [0.2, 0.25) is 5.91 Å². The molecule has 0 aliphatic rings. The van der Waals surface area contributed by atoms with Crippen LogP contribution in [-0.2, 0) is 11.3 Å². The normalized spacial score (nSPS) is 12.0. The molecule has 2 aromatic carbocycles. The molecule has 5 nitrogen and oxygen atoms in total. The standard InChI is InChI=1S/C18H16Cl2N4OS/c1-11(14-4-2-3-5-15(14)20)21-16(25)10-24-17(22-23-18(24)26)12-6-8-13(19)9-7-12/h2-9,11H,10H2,1H3,(H,21,25)(H,23,26). The minimum atomic E-state index is -0.226. The van der Waals surface area contributed by atoms with Gasteiger partial charge in [-0.05, 0) is 55.0 Å². The maximum Gasteiger partial charge on any atom is 0.240 e. The van der Waals surface area contributed by atoms with Gasteiger partial charge in [-0.2, -0.15) is 5.10 Å². The summed E-state index contributed by atoms with van der Waals surface area (Å²) >= 11 is 17.4. The summed E-state index contributed by atoms with van der Waals surface area (Å²) in [5.74, 6) is 0.386. The van der Waals surface area contributed by atoms with Crippen molar-refractivity contribution >= 4 is 41.3 Å². The van der Waals surface area contributed by atoms with Gasteiger partial charge < -0.3 is 5.32 Å². The maximum absolute atomic E-state index is 12.5. The van der Waals surface area contributed by atoms with E-state index >= 15 is 0 Å². The van der Waals surface area contributed by atoms with Gasteiger partial charge in [-0.1, -0.05) is 41.4 Å². The summed E-state index contributed by atoms with van der Waals surface area (Å²) in [6, 6.07) is 14.4. The molecule has 8 heteroatoms. The number of aromatic amines is 1. The van der Waals surface area contributed by atoms with Gasteiger partial charge in [0.25, 0.3) is 0 Å². The SMILES string of the molecule is CC(NC(=O)Cn1c(-c2ccc(Cl)cc2)n[nH]c1=S)c1ccccc1Cl. The van der Waals surface area contributed by atoms with Gasteiger partial charge in [0.15, 0.2) is 10.6 Å². The van der Waals surface area contributed by atoms with Crippen LogP contribution < -0.4 is 5.32 Å². The Morgan fingerprint density at radius 1 is 1.23 bits per heavy atom. The average molecular weight is 407 g/mol. The van der Waals surface area contributed by atoms with Crippen molar-refractivity contribution in [2.24, 2.45) is 0 Å². The summed E-state index contributed by atoms with van der Waals surface area (Å²) in [5.41, 5.74) is 1.67. The molecule has 1 unspecified atom stereocenters. The average Bonchev–Trinajstić information content (AvgIpc) is 2.96. The Morgan fingerprint density at radius 3 is 2.62 bits per heavy atom. The maximum atomic E-state index is 12.5. The van der Waals surface area contributed by atoms with Crippen molar-refractivity contribution in [1.82, 2.24) is 20.1 Å². The molecule has 0 bridgehead atoms. The van der Waals surface area contributed by atoms with Gasteiger partial charge >= 0.3 is 0 Å². The molecule has 1 aromatic heterocycles. The number of hydrogen-bond acceptors (Lipinski definition) is 3. The number of aromatic nitrogens is 3. The highest BCUT2D eigenvalue weighted by Gasteiger charge is 2.16. The van der Waals surface area contributed by atoms with E-state index in [9.17, 15) is 4.79 Å². The first-order chi connectivity index (χ1) is 12.5. The number of hydrogen-bond donors (Lipinski definition) is 2. The number of H-pyrrole nitrogens is 1. The van der Waals surface area contributed by atoms with E-state index in [-0.39, 0.29) is 18.5 Å². The Kier molecular flexibility index (Phi) is 5.76. The zero-order valence-corrected chi connectivity index (χ0v) is 16.2. The van der Waals surface area contributed by atoms with E-state index in [1.165, 1.54) is 0 Å². The molecule has 0 saturated carbocycles. The second-order valence-corrected chi connectivity index (χ2v) is 6.99. The predicted octanol–water partition coefficient (Wildman–Crippen LogP) is 4.79. The number of carbonyl (C=O) groups excluding carboxylic acids is 1. The van der Waals surface area contributed by atoms with Crippen LogP contribution in [0, 0.1) is 4.77 Å². The fourth-order valence-electron chi connectivity index (χ4n) is 2.62. The second kappa shape index (κ2) is 8.03. The first-order valence-electron chi connectivity index (χ1n) is 7.90. The molecule has 0 aliphatic carbocycles. The fraction of sp³-hybridized carbons (Fsp3) is 0.167. The van der Waals surface area contributed by atoms with E-state index in [0.29, 0.717) is 20.6 Å². The molecule has 0 aliphatic heterocycles. The van der Waals surface area contributed by atoms with Crippen molar-refractivity contribution < 1.29 is 4.79 Å². The molecule has 1 atom stereocenters. The molecule has 0 fully saturated rings. The molecule has 1 amide bonds. The number of rotatable bonds is 5. The minimum absolute atomic E-state index is 0.0437. The first kappa shape index (κ1) is 18.6. The van der Waals surface area contributed by atoms with Gasteiger partial charge in [0.05, 0.1) is 6.04 Å². The summed E-state index contributed by atoms with van der Waals surface area (Å²) < 4.78 is 2.02. The topological polar surface area (TPSA) is 62.7 Å². The van der Waals surface area contributed by atoms with Crippen LogP contribution in [-0.4, -0.2) is 20.7 Å². The van der Waals surface area contributed by atoms with Crippen LogP contribution in [0.3, 0.4) is 0 Å². The largest absolute Gasteiger partial charge is 0.348 e.